The third-order valence-corrected chi connectivity index (χ3v) is 3.11. The number of allylic oxidation sites excluding steroid dienone is 1. The first kappa shape index (κ1) is 12.5. The van der Waals surface area contributed by atoms with Crippen LogP contribution in [0.5, 0.6) is 0 Å². The van der Waals surface area contributed by atoms with Crippen molar-refractivity contribution in [1.29, 1.82) is 0 Å². The van der Waals surface area contributed by atoms with Crippen LogP contribution in [-0.4, -0.2) is 5.91 Å². The molecule has 0 aliphatic carbocycles. The maximum atomic E-state index is 12.1. The van der Waals surface area contributed by atoms with Crippen LogP contribution in [0.25, 0.3) is 0 Å². The van der Waals surface area contributed by atoms with Crippen molar-refractivity contribution in [1.82, 2.24) is 0 Å². The van der Waals surface area contributed by atoms with Crippen molar-refractivity contribution in [3.05, 3.63) is 43.0 Å². The Morgan fingerprint density at radius 2 is 1.94 bits per heavy atom. The summed E-state index contributed by atoms with van der Waals surface area (Å²) < 4.78 is 0. The highest BCUT2D eigenvalue weighted by molar-refractivity contribution is 5.95. The maximum absolute atomic E-state index is 12.1. The van der Waals surface area contributed by atoms with Crippen LogP contribution >= 0.6 is 0 Å². The summed E-state index contributed by atoms with van der Waals surface area (Å²) in [7, 11) is 0. The SMILES string of the molecule is C=CC(C)C(C)(C)C(=O)Nc1ccccc1. The van der Waals surface area contributed by atoms with E-state index in [2.05, 4.69) is 11.9 Å². The van der Waals surface area contributed by atoms with Crippen molar-refractivity contribution in [2.24, 2.45) is 11.3 Å². The summed E-state index contributed by atoms with van der Waals surface area (Å²) >= 11 is 0. The molecular formula is C14H19NO. The number of nitrogens with one attached hydrogen (secondary N) is 1. The van der Waals surface area contributed by atoms with Gasteiger partial charge in [0, 0.05) is 11.1 Å². The molecule has 0 bridgehead atoms. The Labute approximate surface area is 97.4 Å². The van der Waals surface area contributed by atoms with Crippen LogP contribution in [0.15, 0.2) is 43.0 Å². The quantitative estimate of drug-likeness (QED) is 0.769. The second-order valence-corrected chi connectivity index (χ2v) is 4.57. The lowest BCUT2D eigenvalue weighted by Crippen LogP contribution is -2.35. The molecule has 1 atom stereocenters. The van der Waals surface area contributed by atoms with Gasteiger partial charge < -0.3 is 5.32 Å². The number of carbonyl (C=O) groups excluding carboxylic acids is 1. The number of anilines is 1. The Hall–Kier alpha value is -1.57. The summed E-state index contributed by atoms with van der Waals surface area (Å²) in [4.78, 5) is 12.1. The number of hydrogen-bond acceptors (Lipinski definition) is 1. The number of amides is 1. The smallest absolute Gasteiger partial charge is 0.230 e. The lowest BCUT2D eigenvalue weighted by Gasteiger charge is -2.28. The molecule has 1 aromatic rings. The summed E-state index contributed by atoms with van der Waals surface area (Å²) in [5, 5.41) is 2.91. The van der Waals surface area contributed by atoms with Crippen molar-refractivity contribution < 1.29 is 4.79 Å². The van der Waals surface area contributed by atoms with Gasteiger partial charge in [0.05, 0.1) is 0 Å². The fourth-order valence-electron chi connectivity index (χ4n) is 1.32. The van der Waals surface area contributed by atoms with Gasteiger partial charge in [-0.2, -0.15) is 0 Å². The van der Waals surface area contributed by atoms with Crippen molar-refractivity contribution in [3.8, 4) is 0 Å². The molecule has 0 radical (unpaired) electrons. The molecule has 16 heavy (non-hydrogen) atoms. The number of benzene rings is 1. The maximum Gasteiger partial charge on any atom is 0.230 e. The van der Waals surface area contributed by atoms with Gasteiger partial charge in [-0.15, -0.1) is 6.58 Å². The van der Waals surface area contributed by atoms with Crippen LogP contribution < -0.4 is 5.32 Å². The zero-order chi connectivity index (χ0) is 12.2. The second kappa shape index (κ2) is 4.97. The van der Waals surface area contributed by atoms with Crippen molar-refractivity contribution in [2.75, 3.05) is 5.32 Å². The van der Waals surface area contributed by atoms with Gasteiger partial charge in [-0.3, -0.25) is 4.79 Å². The van der Waals surface area contributed by atoms with E-state index in [0.29, 0.717) is 0 Å². The van der Waals surface area contributed by atoms with Crippen molar-refractivity contribution in [3.63, 3.8) is 0 Å². The van der Waals surface area contributed by atoms with Gasteiger partial charge in [0.15, 0.2) is 0 Å². The van der Waals surface area contributed by atoms with Gasteiger partial charge in [0.1, 0.15) is 0 Å². The molecule has 0 fully saturated rings. The Balaban J connectivity index is 2.76. The summed E-state index contributed by atoms with van der Waals surface area (Å²) in [5.74, 6) is 0.155. The molecule has 1 rings (SSSR count). The fraction of sp³-hybridized carbons (Fsp3) is 0.357. The van der Waals surface area contributed by atoms with Crippen LogP contribution in [0.3, 0.4) is 0 Å². The van der Waals surface area contributed by atoms with E-state index in [0.717, 1.165) is 5.69 Å². The topological polar surface area (TPSA) is 29.1 Å². The molecule has 0 saturated heterocycles. The van der Waals surface area contributed by atoms with Gasteiger partial charge in [0.25, 0.3) is 0 Å². The summed E-state index contributed by atoms with van der Waals surface area (Å²) in [6.45, 7) is 9.59. The lowest BCUT2D eigenvalue weighted by atomic mass is 9.79. The third-order valence-electron chi connectivity index (χ3n) is 3.11. The lowest BCUT2D eigenvalue weighted by molar-refractivity contribution is -0.125. The van der Waals surface area contributed by atoms with E-state index in [4.69, 9.17) is 0 Å². The summed E-state index contributed by atoms with van der Waals surface area (Å²) in [5.41, 5.74) is 0.384. The largest absolute Gasteiger partial charge is 0.326 e. The minimum Gasteiger partial charge on any atom is -0.326 e. The zero-order valence-corrected chi connectivity index (χ0v) is 10.2. The monoisotopic (exact) mass is 217 g/mol. The first-order valence-electron chi connectivity index (χ1n) is 5.47. The second-order valence-electron chi connectivity index (χ2n) is 4.57. The molecule has 1 N–H and O–H groups in total. The molecule has 0 aliphatic rings. The third kappa shape index (κ3) is 2.72. The summed E-state index contributed by atoms with van der Waals surface area (Å²) in [6, 6.07) is 9.49. The molecule has 2 heteroatoms. The molecule has 0 heterocycles. The minimum absolute atomic E-state index is 0.0195. The number of rotatable bonds is 4. The molecule has 1 unspecified atom stereocenters. The van der Waals surface area contributed by atoms with E-state index < -0.39 is 5.41 Å². The van der Waals surface area contributed by atoms with Crippen molar-refractivity contribution >= 4 is 11.6 Å². The van der Waals surface area contributed by atoms with Crippen LogP contribution in [-0.2, 0) is 4.79 Å². The van der Waals surface area contributed by atoms with Gasteiger partial charge in [-0.05, 0) is 18.1 Å². The molecule has 0 aliphatic heterocycles. The Kier molecular flexibility index (Phi) is 3.88. The highest BCUT2D eigenvalue weighted by atomic mass is 16.2. The number of carbonyl (C=O) groups is 1. The van der Waals surface area contributed by atoms with E-state index in [1.807, 2.05) is 57.2 Å². The van der Waals surface area contributed by atoms with E-state index in [-0.39, 0.29) is 11.8 Å². The van der Waals surface area contributed by atoms with E-state index in [9.17, 15) is 4.79 Å². The van der Waals surface area contributed by atoms with Crippen LogP contribution in [0.1, 0.15) is 20.8 Å². The molecule has 0 spiro atoms. The highest BCUT2D eigenvalue weighted by Gasteiger charge is 2.32. The Morgan fingerprint density at radius 3 is 2.44 bits per heavy atom. The highest BCUT2D eigenvalue weighted by Crippen LogP contribution is 2.28. The van der Waals surface area contributed by atoms with Gasteiger partial charge >= 0.3 is 0 Å². The van der Waals surface area contributed by atoms with Crippen LogP contribution in [0.4, 0.5) is 5.69 Å². The van der Waals surface area contributed by atoms with Gasteiger partial charge in [-0.25, -0.2) is 0 Å². The molecular weight excluding hydrogens is 198 g/mol. The summed E-state index contributed by atoms with van der Waals surface area (Å²) in [6.07, 6.45) is 1.81. The molecule has 0 aromatic heterocycles. The molecule has 86 valence electrons. The minimum atomic E-state index is -0.447. The molecule has 1 amide bonds. The first-order valence-corrected chi connectivity index (χ1v) is 5.47. The predicted molar refractivity (Wildman–Crippen MR) is 68.2 cm³/mol. The molecule has 1 aromatic carbocycles. The van der Waals surface area contributed by atoms with E-state index >= 15 is 0 Å². The van der Waals surface area contributed by atoms with Crippen molar-refractivity contribution in [2.45, 2.75) is 20.8 Å². The van der Waals surface area contributed by atoms with Crippen LogP contribution in [0.2, 0.25) is 0 Å². The number of hydrogen-bond donors (Lipinski definition) is 1. The standard InChI is InChI=1S/C14H19NO/c1-5-11(2)14(3,4)13(16)15-12-9-7-6-8-10-12/h5-11H,1H2,2-4H3,(H,15,16). The van der Waals surface area contributed by atoms with Gasteiger partial charge in [-0.1, -0.05) is 45.0 Å². The first-order chi connectivity index (χ1) is 7.48. The number of para-hydroxylation sites is 1. The zero-order valence-electron chi connectivity index (χ0n) is 10.2. The molecule has 2 nitrogen and oxygen atoms in total. The normalized spacial score (nSPS) is 12.9. The Morgan fingerprint density at radius 1 is 1.38 bits per heavy atom. The van der Waals surface area contributed by atoms with E-state index in [1.54, 1.807) is 0 Å². The predicted octanol–water partition coefficient (Wildman–Crippen LogP) is 3.47. The fourth-order valence-corrected chi connectivity index (χ4v) is 1.32. The molecule has 0 saturated carbocycles. The van der Waals surface area contributed by atoms with Crippen LogP contribution in [0, 0.1) is 11.3 Å². The van der Waals surface area contributed by atoms with E-state index in [1.165, 1.54) is 0 Å². The average Bonchev–Trinajstić information content (AvgIpc) is 2.29. The van der Waals surface area contributed by atoms with Gasteiger partial charge in [0.2, 0.25) is 5.91 Å². The average molecular weight is 217 g/mol. The Bertz CT molecular complexity index is 368.